The highest BCUT2D eigenvalue weighted by Gasteiger charge is 2.18. The Bertz CT molecular complexity index is 756. The number of hydrogen-bond donors (Lipinski definition) is 0. The molecule has 0 atom stereocenters. The van der Waals surface area contributed by atoms with Gasteiger partial charge in [-0.2, -0.15) is 5.26 Å². The molecule has 2 aromatic carbocycles. The van der Waals surface area contributed by atoms with Crippen LogP contribution in [0.15, 0.2) is 54.6 Å². The van der Waals surface area contributed by atoms with E-state index >= 15 is 0 Å². The van der Waals surface area contributed by atoms with Crippen LogP contribution < -0.4 is 4.90 Å². The van der Waals surface area contributed by atoms with Gasteiger partial charge in [-0.25, -0.2) is 9.18 Å². The number of benzene rings is 2. The molecule has 5 nitrogen and oxygen atoms in total. The van der Waals surface area contributed by atoms with Crippen molar-refractivity contribution in [1.29, 1.82) is 5.26 Å². The van der Waals surface area contributed by atoms with Crippen molar-refractivity contribution in [2.45, 2.75) is 6.42 Å². The van der Waals surface area contributed by atoms with Crippen molar-refractivity contribution in [3.8, 4) is 6.07 Å². The van der Waals surface area contributed by atoms with E-state index in [9.17, 15) is 14.0 Å². The molecule has 122 valence electrons. The minimum Gasteiger partial charge on any atom is -0.452 e. The van der Waals surface area contributed by atoms with Crippen LogP contribution in [0.25, 0.3) is 0 Å². The molecule has 0 saturated heterocycles. The molecule has 0 bridgehead atoms. The van der Waals surface area contributed by atoms with E-state index in [-0.39, 0.29) is 18.5 Å². The number of ether oxygens (including phenoxy) is 1. The molecule has 24 heavy (non-hydrogen) atoms. The van der Waals surface area contributed by atoms with Crippen molar-refractivity contribution in [3.63, 3.8) is 0 Å². The van der Waals surface area contributed by atoms with Crippen molar-refractivity contribution >= 4 is 17.6 Å². The van der Waals surface area contributed by atoms with E-state index in [1.165, 1.54) is 23.1 Å². The van der Waals surface area contributed by atoms with Gasteiger partial charge in [-0.1, -0.05) is 24.3 Å². The van der Waals surface area contributed by atoms with E-state index in [0.717, 1.165) is 6.07 Å². The van der Waals surface area contributed by atoms with Gasteiger partial charge >= 0.3 is 5.97 Å². The lowest BCUT2D eigenvalue weighted by atomic mass is 10.2. The molecule has 0 saturated carbocycles. The Hall–Kier alpha value is -3.20. The third-order valence-corrected chi connectivity index (χ3v) is 3.20. The first-order valence-corrected chi connectivity index (χ1v) is 7.27. The lowest BCUT2D eigenvalue weighted by Gasteiger charge is -2.21. The maximum atomic E-state index is 13.1. The number of hydrogen-bond acceptors (Lipinski definition) is 4. The molecule has 0 aromatic heterocycles. The van der Waals surface area contributed by atoms with Gasteiger partial charge in [0.1, 0.15) is 5.82 Å². The first-order valence-electron chi connectivity index (χ1n) is 7.27. The maximum absolute atomic E-state index is 13.1. The van der Waals surface area contributed by atoms with Gasteiger partial charge in [0.15, 0.2) is 6.61 Å². The summed E-state index contributed by atoms with van der Waals surface area (Å²) in [5.41, 5.74) is 0.644. The number of amides is 1. The molecule has 0 radical (unpaired) electrons. The highest BCUT2D eigenvalue weighted by molar-refractivity contribution is 5.97. The predicted octanol–water partition coefficient (Wildman–Crippen LogP) is 2.93. The Morgan fingerprint density at radius 2 is 1.88 bits per heavy atom. The maximum Gasteiger partial charge on any atom is 0.338 e. The van der Waals surface area contributed by atoms with E-state index in [0.29, 0.717) is 5.69 Å². The molecular weight excluding hydrogens is 311 g/mol. The second-order valence-electron chi connectivity index (χ2n) is 4.88. The minimum atomic E-state index is -0.781. The van der Waals surface area contributed by atoms with Gasteiger partial charge in [0, 0.05) is 12.2 Å². The molecule has 0 heterocycles. The van der Waals surface area contributed by atoms with Crippen molar-refractivity contribution in [1.82, 2.24) is 0 Å². The van der Waals surface area contributed by atoms with Crippen LogP contribution in [0.4, 0.5) is 10.1 Å². The number of carbonyl (C=O) groups excluding carboxylic acids is 2. The number of nitrogens with zero attached hydrogens (tertiary/aromatic N) is 2. The SMILES string of the molecule is N#CCCN(C(=O)COC(=O)c1cccc(F)c1)c1ccccc1. The van der Waals surface area contributed by atoms with Crippen LogP contribution in [0, 0.1) is 17.1 Å². The van der Waals surface area contributed by atoms with Gasteiger partial charge in [-0.15, -0.1) is 0 Å². The van der Waals surface area contributed by atoms with Crippen LogP contribution in [0.1, 0.15) is 16.8 Å². The molecule has 0 fully saturated rings. The molecule has 0 N–H and O–H groups in total. The topological polar surface area (TPSA) is 70.4 Å². The monoisotopic (exact) mass is 326 g/mol. The standard InChI is InChI=1S/C18H15FN2O3/c19-15-7-4-6-14(12-15)18(23)24-13-17(22)21(11-5-10-20)16-8-2-1-3-9-16/h1-4,6-9,12H,5,11,13H2. The number of halogens is 1. The largest absolute Gasteiger partial charge is 0.452 e. The molecule has 1 amide bonds. The van der Waals surface area contributed by atoms with Crippen molar-refractivity contribution in [2.24, 2.45) is 0 Å². The average Bonchev–Trinajstić information content (AvgIpc) is 2.61. The van der Waals surface area contributed by atoms with Crippen LogP contribution in [0.5, 0.6) is 0 Å². The van der Waals surface area contributed by atoms with Crippen molar-refractivity contribution in [3.05, 3.63) is 66.0 Å². The molecule has 0 aliphatic heterocycles. The molecule has 2 rings (SSSR count). The Labute approximate surface area is 138 Å². The number of rotatable bonds is 6. The van der Waals surface area contributed by atoms with Gasteiger partial charge in [-0.05, 0) is 30.3 Å². The molecule has 2 aromatic rings. The summed E-state index contributed by atoms with van der Waals surface area (Å²) in [6, 6.07) is 15.8. The van der Waals surface area contributed by atoms with Gasteiger partial charge < -0.3 is 9.64 Å². The van der Waals surface area contributed by atoms with Gasteiger partial charge in [-0.3, -0.25) is 4.79 Å². The number of para-hydroxylation sites is 1. The quantitative estimate of drug-likeness (QED) is 0.765. The van der Waals surface area contributed by atoms with Crippen LogP contribution in [-0.2, 0) is 9.53 Å². The summed E-state index contributed by atoms with van der Waals surface area (Å²) in [6.07, 6.45) is 0.151. The first kappa shape index (κ1) is 17.2. The molecule has 0 spiro atoms. The summed E-state index contributed by atoms with van der Waals surface area (Å²) >= 11 is 0. The summed E-state index contributed by atoms with van der Waals surface area (Å²) in [5, 5.41) is 8.73. The van der Waals surface area contributed by atoms with Gasteiger partial charge in [0.05, 0.1) is 18.1 Å². The zero-order valence-corrected chi connectivity index (χ0v) is 12.8. The summed E-state index contributed by atoms with van der Waals surface area (Å²) in [5.74, 6) is -1.80. The van der Waals surface area contributed by atoms with Gasteiger partial charge in [0.25, 0.3) is 5.91 Å². The molecule has 0 aliphatic rings. The fourth-order valence-electron chi connectivity index (χ4n) is 2.07. The van der Waals surface area contributed by atoms with E-state index in [4.69, 9.17) is 10.00 Å². The number of anilines is 1. The summed E-state index contributed by atoms with van der Waals surface area (Å²) in [7, 11) is 0. The third-order valence-electron chi connectivity index (χ3n) is 3.20. The van der Waals surface area contributed by atoms with E-state index < -0.39 is 24.3 Å². The fourth-order valence-corrected chi connectivity index (χ4v) is 2.07. The van der Waals surface area contributed by atoms with E-state index in [1.807, 2.05) is 6.07 Å². The summed E-state index contributed by atoms with van der Waals surface area (Å²) in [6.45, 7) is -0.299. The normalized spacial score (nSPS) is 9.83. The first-order chi connectivity index (χ1) is 11.6. The summed E-state index contributed by atoms with van der Waals surface area (Å²) in [4.78, 5) is 25.6. The fraction of sp³-hybridized carbons (Fsp3) is 0.167. The zero-order valence-electron chi connectivity index (χ0n) is 12.8. The Balaban J connectivity index is 2.02. The second-order valence-corrected chi connectivity index (χ2v) is 4.88. The Morgan fingerprint density at radius 1 is 1.12 bits per heavy atom. The Kier molecular flexibility index (Phi) is 6.03. The average molecular weight is 326 g/mol. The predicted molar refractivity (Wildman–Crippen MR) is 85.7 cm³/mol. The van der Waals surface area contributed by atoms with Crippen molar-refractivity contribution in [2.75, 3.05) is 18.1 Å². The van der Waals surface area contributed by atoms with Crippen LogP contribution in [-0.4, -0.2) is 25.0 Å². The molecule has 0 aliphatic carbocycles. The van der Waals surface area contributed by atoms with Crippen LogP contribution in [0.2, 0.25) is 0 Å². The Morgan fingerprint density at radius 3 is 2.54 bits per heavy atom. The van der Waals surface area contributed by atoms with Gasteiger partial charge in [0.2, 0.25) is 0 Å². The smallest absolute Gasteiger partial charge is 0.338 e. The lowest BCUT2D eigenvalue weighted by Crippen LogP contribution is -2.35. The lowest BCUT2D eigenvalue weighted by molar-refractivity contribution is -0.121. The molecule has 6 heteroatoms. The van der Waals surface area contributed by atoms with Crippen LogP contribution in [0.3, 0.4) is 0 Å². The highest BCUT2D eigenvalue weighted by atomic mass is 19.1. The number of esters is 1. The third kappa shape index (κ3) is 4.65. The molecular formula is C18H15FN2O3. The van der Waals surface area contributed by atoms with E-state index in [1.54, 1.807) is 30.3 Å². The highest BCUT2D eigenvalue weighted by Crippen LogP contribution is 2.14. The molecule has 0 unspecified atom stereocenters. The van der Waals surface area contributed by atoms with Crippen LogP contribution >= 0.6 is 0 Å². The number of carbonyl (C=O) groups is 2. The minimum absolute atomic E-state index is 0.0334. The summed E-state index contributed by atoms with van der Waals surface area (Å²) < 4.78 is 18.0. The number of nitriles is 1. The van der Waals surface area contributed by atoms with E-state index in [2.05, 4.69) is 0 Å². The van der Waals surface area contributed by atoms with Crippen molar-refractivity contribution < 1.29 is 18.7 Å². The zero-order chi connectivity index (χ0) is 17.4. The second kappa shape index (κ2) is 8.44.